The predicted octanol–water partition coefficient (Wildman–Crippen LogP) is 2.42. The molecule has 0 aliphatic heterocycles. The van der Waals surface area contributed by atoms with Crippen molar-refractivity contribution in [1.82, 2.24) is 0 Å². The van der Waals surface area contributed by atoms with E-state index in [1.165, 1.54) is 6.08 Å². The Bertz CT molecular complexity index is 432. The average molecular weight is 252 g/mol. The molecule has 4 heteroatoms. The zero-order valence-corrected chi connectivity index (χ0v) is 8.65. The van der Waals surface area contributed by atoms with E-state index in [0.717, 1.165) is 10.5 Å². The molecule has 0 aromatic heterocycles. The molecule has 0 bridgehead atoms. The van der Waals surface area contributed by atoms with Gasteiger partial charge in [-0.2, -0.15) is 5.26 Å². The quantitative estimate of drug-likeness (QED) is 0.822. The second kappa shape index (κ2) is 4.58. The van der Waals surface area contributed by atoms with Gasteiger partial charge >= 0.3 is 5.97 Å². The minimum atomic E-state index is -1.01. The third-order valence-corrected chi connectivity index (χ3v) is 2.25. The molecule has 0 aliphatic carbocycles. The van der Waals surface area contributed by atoms with Crippen LogP contribution in [-0.2, 0) is 4.79 Å². The molecule has 1 N–H and O–H groups in total. The van der Waals surface area contributed by atoms with Crippen molar-refractivity contribution < 1.29 is 9.90 Å². The highest BCUT2D eigenvalue weighted by atomic mass is 79.9. The van der Waals surface area contributed by atoms with E-state index < -0.39 is 5.97 Å². The first-order valence-electron chi connectivity index (χ1n) is 3.74. The van der Waals surface area contributed by atoms with Crippen molar-refractivity contribution in [3.8, 4) is 6.07 Å². The summed E-state index contributed by atoms with van der Waals surface area (Å²) in [5.74, 6) is -1.01. The Morgan fingerprint density at radius 2 is 2.29 bits per heavy atom. The Morgan fingerprint density at radius 1 is 1.57 bits per heavy atom. The van der Waals surface area contributed by atoms with Crippen molar-refractivity contribution in [1.29, 1.82) is 5.26 Å². The smallest absolute Gasteiger partial charge is 0.328 e. The predicted molar refractivity (Wildman–Crippen MR) is 55.5 cm³/mol. The number of carbonyl (C=O) groups is 1. The van der Waals surface area contributed by atoms with Gasteiger partial charge in [0.25, 0.3) is 0 Å². The molecule has 1 aromatic carbocycles. The van der Waals surface area contributed by atoms with Crippen molar-refractivity contribution in [3.05, 3.63) is 39.9 Å². The first-order valence-corrected chi connectivity index (χ1v) is 4.53. The second-order valence-electron chi connectivity index (χ2n) is 2.52. The minimum absolute atomic E-state index is 0.498. The minimum Gasteiger partial charge on any atom is -0.478 e. The second-order valence-corrected chi connectivity index (χ2v) is 3.37. The highest BCUT2D eigenvalue weighted by molar-refractivity contribution is 9.10. The lowest BCUT2D eigenvalue weighted by atomic mass is 10.1. The van der Waals surface area contributed by atoms with E-state index in [2.05, 4.69) is 15.9 Å². The van der Waals surface area contributed by atoms with Crippen LogP contribution in [0.5, 0.6) is 0 Å². The van der Waals surface area contributed by atoms with Crippen LogP contribution in [0.3, 0.4) is 0 Å². The molecule has 0 radical (unpaired) electrons. The van der Waals surface area contributed by atoms with E-state index >= 15 is 0 Å². The zero-order chi connectivity index (χ0) is 10.6. The summed E-state index contributed by atoms with van der Waals surface area (Å²) in [5.41, 5.74) is 1.17. The fourth-order valence-corrected chi connectivity index (χ4v) is 1.28. The molecule has 70 valence electrons. The van der Waals surface area contributed by atoms with Gasteiger partial charge in [-0.3, -0.25) is 0 Å². The molecular weight excluding hydrogens is 246 g/mol. The molecule has 0 fully saturated rings. The molecule has 0 aliphatic rings. The molecular formula is C10H6BrNO2. The maximum Gasteiger partial charge on any atom is 0.328 e. The van der Waals surface area contributed by atoms with Gasteiger partial charge in [-0.15, -0.1) is 0 Å². The van der Waals surface area contributed by atoms with Crippen LogP contribution in [0, 0.1) is 11.3 Å². The summed E-state index contributed by atoms with van der Waals surface area (Å²) in [7, 11) is 0. The molecule has 0 heterocycles. The van der Waals surface area contributed by atoms with Crippen molar-refractivity contribution in [2.75, 3.05) is 0 Å². The van der Waals surface area contributed by atoms with Crippen molar-refractivity contribution >= 4 is 28.0 Å². The lowest BCUT2D eigenvalue weighted by Gasteiger charge is -1.97. The molecule has 0 unspecified atom stereocenters. The molecule has 0 saturated carbocycles. The lowest BCUT2D eigenvalue weighted by molar-refractivity contribution is -0.131. The summed E-state index contributed by atoms with van der Waals surface area (Å²) in [6.07, 6.45) is 2.47. The maximum atomic E-state index is 10.3. The summed E-state index contributed by atoms with van der Waals surface area (Å²) < 4.78 is 0.758. The summed E-state index contributed by atoms with van der Waals surface area (Å²) in [4.78, 5) is 10.3. The number of rotatable bonds is 2. The van der Waals surface area contributed by atoms with Gasteiger partial charge in [0.1, 0.15) is 0 Å². The average Bonchev–Trinajstić information content (AvgIpc) is 2.16. The van der Waals surface area contributed by atoms with Gasteiger partial charge in [-0.25, -0.2) is 4.79 Å². The number of carboxylic acids is 1. The number of nitriles is 1. The molecule has 0 saturated heterocycles. The molecule has 1 aromatic rings. The maximum absolute atomic E-state index is 10.3. The van der Waals surface area contributed by atoms with Gasteiger partial charge < -0.3 is 5.11 Å². The van der Waals surface area contributed by atoms with E-state index in [1.807, 2.05) is 6.07 Å². The van der Waals surface area contributed by atoms with Crippen LogP contribution in [0.15, 0.2) is 28.7 Å². The van der Waals surface area contributed by atoms with E-state index in [-0.39, 0.29) is 0 Å². The fourth-order valence-electron chi connectivity index (χ4n) is 0.902. The number of halogens is 1. The Hall–Kier alpha value is -1.60. The van der Waals surface area contributed by atoms with E-state index in [4.69, 9.17) is 10.4 Å². The van der Waals surface area contributed by atoms with Crippen LogP contribution in [0.2, 0.25) is 0 Å². The van der Waals surface area contributed by atoms with Gasteiger partial charge in [-0.1, -0.05) is 15.9 Å². The number of nitrogens with zero attached hydrogens (tertiary/aromatic N) is 1. The third kappa shape index (κ3) is 2.71. The van der Waals surface area contributed by atoms with Crippen molar-refractivity contribution in [2.45, 2.75) is 0 Å². The SMILES string of the molecule is N#Cc1ccc(Br)c(/C=C/C(=O)O)c1. The Labute approximate surface area is 89.4 Å². The van der Waals surface area contributed by atoms with E-state index in [9.17, 15) is 4.79 Å². The summed E-state index contributed by atoms with van der Waals surface area (Å²) >= 11 is 3.26. The molecule has 0 spiro atoms. The summed E-state index contributed by atoms with van der Waals surface area (Å²) in [6.45, 7) is 0. The van der Waals surface area contributed by atoms with Crippen LogP contribution in [0.4, 0.5) is 0 Å². The van der Waals surface area contributed by atoms with Gasteiger partial charge in [-0.05, 0) is 29.8 Å². The monoisotopic (exact) mass is 251 g/mol. The van der Waals surface area contributed by atoms with Crippen LogP contribution < -0.4 is 0 Å². The highest BCUT2D eigenvalue weighted by Crippen LogP contribution is 2.19. The van der Waals surface area contributed by atoms with Gasteiger partial charge in [0, 0.05) is 10.5 Å². The van der Waals surface area contributed by atoms with E-state index in [0.29, 0.717) is 11.1 Å². The first kappa shape index (κ1) is 10.5. The molecule has 0 amide bonds. The zero-order valence-electron chi connectivity index (χ0n) is 7.07. The van der Waals surface area contributed by atoms with Gasteiger partial charge in [0.15, 0.2) is 0 Å². The van der Waals surface area contributed by atoms with Crippen LogP contribution in [0.1, 0.15) is 11.1 Å². The van der Waals surface area contributed by atoms with Crippen molar-refractivity contribution in [3.63, 3.8) is 0 Å². The highest BCUT2D eigenvalue weighted by Gasteiger charge is 1.98. The standard InChI is InChI=1S/C10H6BrNO2/c11-9-3-1-7(6-12)5-8(9)2-4-10(13)14/h1-5H,(H,13,14)/b4-2+. The van der Waals surface area contributed by atoms with Crippen molar-refractivity contribution in [2.24, 2.45) is 0 Å². The number of hydrogen-bond donors (Lipinski definition) is 1. The van der Waals surface area contributed by atoms with E-state index in [1.54, 1.807) is 18.2 Å². The van der Waals surface area contributed by atoms with Gasteiger partial charge in [0.05, 0.1) is 11.6 Å². The van der Waals surface area contributed by atoms with Crippen LogP contribution in [0.25, 0.3) is 6.08 Å². The number of hydrogen-bond acceptors (Lipinski definition) is 2. The Kier molecular flexibility index (Phi) is 3.43. The number of carboxylic acid groups (broad SMARTS) is 1. The third-order valence-electron chi connectivity index (χ3n) is 1.53. The molecule has 1 rings (SSSR count). The van der Waals surface area contributed by atoms with Gasteiger partial charge in [0.2, 0.25) is 0 Å². The summed E-state index contributed by atoms with van der Waals surface area (Å²) in [6, 6.07) is 6.96. The largest absolute Gasteiger partial charge is 0.478 e. The van der Waals surface area contributed by atoms with Crippen LogP contribution >= 0.6 is 15.9 Å². The number of benzene rings is 1. The molecule has 14 heavy (non-hydrogen) atoms. The Balaban J connectivity index is 3.08. The molecule has 0 atom stereocenters. The number of aliphatic carboxylic acids is 1. The normalized spacial score (nSPS) is 10.0. The first-order chi connectivity index (χ1) is 6.63. The topological polar surface area (TPSA) is 61.1 Å². The lowest BCUT2D eigenvalue weighted by Crippen LogP contribution is -1.86. The molecule has 3 nitrogen and oxygen atoms in total. The summed E-state index contributed by atoms with van der Waals surface area (Å²) in [5, 5.41) is 17.0. The Morgan fingerprint density at radius 3 is 2.86 bits per heavy atom. The fraction of sp³-hybridized carbons (Fsp3) is 0. The van der Waals surface area contributed by atoms with Crippen LogP contribution in [-0.4, -0.2) is 11.1 Å².